The monoisotopic (exact) mass is 518 g/mol. The van der Waals surface area contributed by atoms with Gasteiger partial charge in [-0.1, -0.05) is 48.2 Å². The van der Waals surface area contributed by atoms with Gasteiger partial charge in [-0.25, -0.2) is 0 Å². The van der Waals surface area contributed by atoms with Crippen molar-refractivity contribution in [2.45, 2.75) is 21.3 Å². The molecule has 0 fully saturated rings. The summed E-state index contributed by atoms with van der Waals surface area (Å²) in [7, 11) is 0. The molecule has 0 unspecified atom stereocenters. The van der Waals surface area contributed by atoms with Crippen LogP contribution in [0.3, 0.4) is 0 Å². The van der Waals surface area contributed by atoms with Crippen LogP contribution in [0.5, 0.6) is 0 Å². The van der Waals surface area contributed by atoms with Crippen molar-refractivity contribution in [2.75, 3.05) is 46.0 Å². The molecular formula is C22H30S7. The van der Waals surface area contributed by atoms with Gasteiger partial charge in [0.2, 0.25) is 0 Å². The Labute approximate surface area is 209 Å². The molecule has 0 saturated carbocycles. The standard InChI is InChI=1S/C22H30S7/c23-9-11-25-13-15-27-17-19-5-1-3-7-21(19)29-22-8-4-2-6-20(22)18-28-16-14-26-12-10-24/h1-8,23-24H,9-18H2. The summed E-state index contributed by atoms with van der Waals surface area (Å²) in [6.45, 7) is 0. The van der Waals surface area contributed by atoms with Gasteiger partial charge in [0, 0.05) is 55.8 Å². The average molecular weight is 519 g/mol. The molecule has 0 spiro atoms. The fourth-order valence-electron chi connectivity index (χ4n) is 2.50. The molecule has 7 heteroatoms. The van der Waals surface area contributed by atoms with E-state index in [0.717, 1.165) is 34.5 Å². The predicted octanol–water partition coefficient (Wildman–Crippen LogP) is 7.63. The molecule has 2 aromatic carbocycles. The molecule has 0 bridgehead atoms. The molecule has 0 atom stereocenters. The zero-order chi connectivity index (χ0) is 20.6. The molecule has 0 radical (unpaired) electrons. The van der Waals surface area contributed by atoms with Crippen LogP contribution >= 0.6 is 84.1 Å². The van der Waals surface area contributed by atoms with E-state index in [0.29, 0.717) is 0 Å². The van der Waals surface area contributed by atoms with Crippen molar-refractivity contribution in [3.63, 3.8) is 0 Å². The SMILES string of the molecule is SCCSCCSCc1ccccc1Sc1ccccc1CSCCSCCS. The summed E-state index contributed by atoms with van der Waals surface area (Å²) >= 11 is 18.6. The highest BCUT2D eigenvalue weighted by atomic mass is 32.2. The molecule has 0 aromatic heterocycles. The van der Waals surface area contributed by atoms with Gasteiger partial charge in [0.25, 0.3) is 0 Å². The molecular weight excluding hydrogens is 489 g/mol. The third kappa shape index (κ3) is 11.4. The van der Waals surface area contributed by atoms with Crippen LogP contribution in [-0.2, 0) is 11.5 Å². The summed E-state index contributed by atoms with van der Waals surface area (Å²) in [5.41, 5.74) is 2.90. The van der Waals surface area contributed by atoms with Gasteiger partial charge >= 0.3 is 0 Å². The third-order valence-corrected chi connectivity index (χ3v) is 10.7. The van der Waals surface area contributed by atoms with Crippen molar-refractivity contribution in [2.24, 2.45) is 0 Å². The number of thioether (sulfide) groups is 4. The average Bonchev–Trinajstić information content (AvgIpc) is 2.75. The van der Waals surface area contributed by atoms with E-state index in [1.807, 2.05) is 58.8 Å². The minimum atomic E-state index is 0.973. The summed E-state index contributed by atoms with van der Waals surface area (Å²) in [6.07, 6.45) is 0. The van der Waals surface area contributed by atoms with E-state index in [9.17, 15) is 0 Å². The second kappa shape index (κ2) is 17.4. The van der Waals surface area contributed by atoms with E-state index in [4.69, 9.17) is 0 Å². The van der Waals surface area contributed by atoms with Crippen LogP contribution in [0.1, 0.15) is 11.1 Å². The molecule has 2 aromatic rings. The molecule has 2 rings (SSSR count). The molecule has 29 heavy (non-hydrogen) atoms. The smallest absolute Gasteiger partial charge is 0.0196 e. The van der Waals surface area contributed by atoms with Crippen molar-refractivity contribution in [1.29, 1.82) is 0 Å². The maximum atomic E-state index is 4.28. The second-order valence-electron chi connectivity index (χ2n) is 6.09. The van der Waals surface area contributed by atoms with Crippen LogP contribution < -0.4 is 0 Å². The van der Waals surface area contributed by atoms with Crippen LogP contribution in [0.25, 0.3) is 0 Å². The van der Waals surface area contributed by atoms with Gasteiger partial charge in [-0.15, -0.1) is 0 Å². The van der Waals surface area contributed by atoms with E-state index < -0.39 is 0 Å². The first kappa shape index (κ1) is 26.1. The van der Waals surface area contributed by atoms with Gasteiger partial charge in [0.05, 0.1) is 0 Å². The zero-order valence-electron chi connectivity index (χ0n) is 16.6. The van der Waals surface area contributed by atoms with Crippen molar-refractivity contribution in [1.82, 2.24) is 0 Å². The number of rotatable bonds is 16. The van der Waals surface area contributed by atoms with E-state index in [1.165, 1.54) is 43.9 Å². The second-order valence-corrected chi connectivity index (χ2v) is 12.7. The van der Waals surface area contributed by atoms with Gasteiger partial charge in [0.1, 0.15) is 0 Å². The first-order valence-corrected chi connectivity index (χ1v) is 16.4. The highest BCUT2D eigenvalue weighted by Crippen LogP contribution is 2.35. The Morgan fingerprint density at radius 2 is 0.931 bits per heavy atom. The molecule has 0 amide bonds. The molecule has 160 valence electrons. The topological polar surface area (TPSA) is 0 Å². The summed E-state index contributed by atoms with van der Waals surface area (Å²) < 4.78 is 0. The molecule has 0 aliphatic heterocycles. The third-order valence-electron chi connectivity index (χ3n) is 3.90. The largest absolute Gasteiger partial charge is 0.179 e. The maximum Gasteiger partial charge on any atom is 0.0196 e. The Morgan fingerprint density at radius 1 is 0.517 bits per heavy atom. The van der Waals surface area contributed by atoms with Crippen molar-refractivity contribution >= 4 is 84.1 Å². The molecule has 0 aliphatic carbocycles. The van der Waals surface area contributed by atoms with E-state index in [1.54, 1.807) is 0 Å². The van der Waals surface area contributed by atoms with Gasteiger partial charge in [-0.2, -0.15) is 72.3 Å². The number of hydrogen-bond donors (Lipinski definition) is 2. The normalized spacial score (nSPS) is 11.1. The van der Waals surface area contributed by atoms with E-state index in [2.05, 4.69) is 73.8 Å². The lowest BCUT2D eigenvalue weighted by molar-refractivity contribution is 1.23. The van der Waals surface area contributed by atoms with Crippen LogP contribution in [0.4, 0.5) is 0 Å². The number of thiol groups is 2. The summed E-state index contributed by atoms with van der Waals surface area (Å²) in [5.74, 6) is 11.3. The van der Waals surface area contributed by atoms with Crippen molar-refractivity contribution < 1.29 is 0 Å². The lowest BCUT2D eigenvalue weighted by Crippen LogP contribution is -1.92. The fraction of sp³-hybridized carbons (Fsp3) is 0.455. The minimum Gasteiger partial charge on any atom is -0.179 e. The molecule has 0 saturated heterocycles. The predicted molar refractivity (Wildman–Crippen MR) is 152 cm³/mol. The first-order valence-electron chi connectivity index (χ1n) is 9.71. The zero-order valence-corrected chi connectivity index (χ0v) is 22.5. The Kier molecular flexibility index (Phi) is 15.7. The summed E-state index contributed by atoms with van der Waals surface area (Å²) in [5, 5.41) is 0. The quantitative estimate of drug-likeness (QED) is 0.173. The van der Waals surface area contributed by atoms with Crippen molar-refractivity contribution in [3.05, 3.63) is 59.7 Å². The Hall–Kier alpha value is 0.890. The van der Waals surface area contributed by atoms with Gasteiger partial charge in [-0.3, -0.25) is 0 Å². The Balaban J connectivity index is 1.87. The first-order chi connectivity index (χ1) is 14.3. The van der Waals surface area contributed by atoms with Gasteiger partial charge < -0.3 is 0 Å². The van der Waals surface area contributed by atoms with E-state index >= 15 is 0 Å². The molecule has 0 heterocycles. The van der Waals surface area contributed by atoms with Crippen molar-refractivity contribution in [3.8, 4) is 0 Å². The fourth-order valence-corrected chi connectivity index (χ4v) is 8.31. The Bertz CT molecular complexity index is 620. The molecule has 0 N–H and O–H groups in total. The summed E-state index contributed by atoms with van der Waals surface area (Å²) in [6, 6.07) is 17.8. The Morgan fingerprint density at radius 3 is 1.38 bits per heavy atom. The van der Waals surface area contributed by atoms with Crippen LogP contribution in [-0.4, -0.2) is 46.0 Å². The minimum absolute atomic E-state index is 0.973. The van der Waals surface area contributed by atoms with Gasteiger partial charge in [-0.05, 0) is 34.8 Å². The highest BCUT2D eigenvalue weighted by molar-refractivity contribution is 8.03. The lowest BCUT2D eigenvalue weighted by atomic mass is 10.2. The van der Waals surface area contributed by atoms with Crippen LogP contribution in [0, 0.1) is 0 Å². The maximum absolute atomic E-state index is 4.28. The van der Waals surface area contributed by atoms with Crippen LogP contribution in [0.15, 0.2) is 58.3 Å². The van der Waals surface area contributed by atoms with E-state index in [-0.39, 0.29) is 0 Å². The number of benzene rings is 2. The highest BCUT2D eigenvalue weighted by Gasteiger charge is 2.08. The summed E-state index contributed by atoms with van der Waals surface area (Å²) in [4.78, 5) is 2.79. The van der Waals surface area contributed by atoms with Crippen LogP contribution in [0.2, 0.25) is 0 Å². The lowest BCUT2D eigenvalue weighted by Gasteiger charge is -2.12. The van der Waals surface area contributed by atoms with Gasteiger partial charge in [0.15, 0.2) is 0 Å². The number of hydrogen-bond acceptors (Lipinski definition) is 7. The molecule has 0 aliphatic rings. The molecule has 0 nitrogen and oxygen atoms in total.